The predicted octanol–water partition coefficient (Wildman–Crippen LogP) is -2.74. The molecule has 0 aromatic heterocycles. The number of carboxylic acids is 2. The number of hydrogen-bond acceptors (Lipinski definition) is 8. The zero-order chi connectivity index (χ0) is 18.9. The highest BCUT2D eigenvalue weighted by atomic mass is 16.4. The minimum Gasteiger partial charge on any atom is -0.483 e. The third-order valence-electron chi connectivity index (χ3n) is 1.61. The predicted molar refractivity (Wildman–Crippen MR) is 76.0 cm³/mol. The van der Waals surface area contributed by atoms with Crippen LogP contribution in [-0.4, -0.2) is 79.9 Å². The second-order valence-electron chi connectivity index (χ2n) is 3.63. The van der Waals surface area contributed by atoms with Crippen LogP contribution >= 0.6 is 0 Å². The number of aliphatic hydroxyl groups is 3. The summed E-state index contributed by atoms with van der Waals surface area (Å²) in [4.78, 5) is 28.1. The summed E-state index contributed by atoms with van der Waals surface area (Å²) < 4.78 is 0. The van der Waals surface area contributed by atoms with Gasteiger partial charge in [0.15, 0.2) is 0 Å². The number of aliphatic hydroxyl groups excluding tert-OH is 3. The Hall–Kier alpha value is -1.79. The van der Waals surface area contributed by atoms with E-state index in [0.29, 0.717) is 0 Å². The van der Waals surface area contributed by atoms with E-state index >= 15 is 0 Å². The molecule has 11 nitrogen and oxygen atoms in total. The molecule has 0 aromatic carbocycles. The first-order valence-corrected chi connectivity index (χ1v) is 5.95. The summed E-state index contributed by atoms with van der Waals surface area (Å²) in [6.45, 7) is 4.34. The second kappa shape index (κ2) is 19.2. The third-order valence-corrected chi connectivity index (χ3v) is 1.61. The van der Waals surface area contributed by atoms with Crippen LogP contribution in [0.2, 0.25) is 0 Å². The molecular weight excluding hydrogens is 304 g/mol. The van der Waals surface area contributed by atoms with Crippen molar-refractivity contribution in [2.24, 2.45) is 11.5 Å². The van der Waals surface area contributed by atoms with Crippen molar-refractivity contribution < 1.29 is 45.0 Å². The summed E-state index contributed by atoms with van der Waals surface area (Å²) in [5, 5.41) is 47.6. The maximum Gasteiger partial charge on any atom is 0.323 e. The SMILES string of the molecule is CCO.C[C@@H](O)[C@H](N)C(=O)O.C[C@@H](O)[C@H](N)C(=O)O.O=CO. The summed E-state index contributed by atoms with van der Waals surface area (Å²) in [7, 11) is 0. The van der Waals surface area contributed by atoms with Crippen molar-refractivity contribution >= 4 is 18.4 Å². The first-order valence-electron chi connectivity index (χ1n) is 5.95. The number of rotatable bonds is 4. The molecule has 0 aliphatic carbocycles. The first kappa shape index (κ1) is 28.4. The van der Waals surface area contributed by atoms with Crippen LogP contribution in [-0.2, 0) is 14.4 Å². The van der Waals surface area contributed by atoms with Gasteiger partial charge in [-0.2, -0.15) is 0 Å². The van der Waals surface area contributed by atoms with Gasteiger partial charge in [0.05, 0.1) is 12.2 Å². The Labute approximate surface area is 127 Å². The van der Waals surface area contributed by atoms with Crippen molar-refractivity contribution in [1.82, 2.24) is 0 Å². The van der Waals surface area contributed by atoms with Crippen LogP contribution < -0.4 is 11.5 Å². The Balaban J connectivity index is -0.000000109. The number of aliphatic carboxylic acids is 2. The topological polar surface area (TPSA) is 225 Å². The Kier molecular flexibility index (Phi) is 24.8. The summed E-state index contributed by atoms with van der Waals surface area (Å²) in [5.41, 5.74) is 9.82. The van der Waals surface area contributed by atoms with Gasteiger partial charge < -0.3 is 42.1 Å². The zero-order valence-corrected chi connectivity index (χ0v) is 12.7. The molecule has 0 fully saturated rings. The van der Waals surface area contributed by atoms with Crippen molar-refractivity contribution in [2.45, 2.75) is 45.1 Å². The molecule has 0 bridgehead atoms. The molecule has 0 unspecified atom stereocenters. The Bertz CT molecular complexity index is 261. The van der Waals surface area contributed by atoms with Crippen LogP contribution in [0.1, 0.15) is 20.8 Å². The summed E-state index contributed by atoms with van der Waals surface area (Å²) in [5.74, 6) is -2.36. The molecule has 0 heterocycles. The smallest absolute Gasteiger partial charge is 0.323 e. The van der Waals surface area contributed by atoms with Gasteiger partial charge in [0, 0.05) is 6.61 Å². The van der Waals surface area contributed by atoms with Gasteiger partial charge in [-0.3, -0.25) is 14.4 Å². The van der Waals surface area contributed by atoms with E-state index in [0.717, 1.165) is 0 Å². The molecule has 0 amide bonds. The Morgan fingerprint density at radius 1 is 1.00 bits per heavy atom. The van der Waals surface area contributed by atoms with Crippen molar-refractivity contribution in [3.8, 4) is 0 Å². The molecule has 22 heavy (non-hydrogen) atoms. The monoisotopic (exact) mass is 330 g/mol. The molecule has 0 radical (unpaired) electrons. The summed E-state index contributed by atoms with van der Waals surface area (Å²) in [6, 6.07) is -2.31. The molecule has 0 aliphatic heterocycles. The molecule has 0 spiro atoms. The average molecular weight is 330 g/mol. The molecule has 0 aromatic rings. The van der Waals surface area contributed by atoms with Gasteiger partial charge in [0.25, 0.3) is 6.47 Å². The molecule has 11 heteroatoms. The lowest BCUT2D eigenvalue weighted by Crippen LogP contribution is -2.39. The van der Waals surface area contributed by atoms with Crippen molar-refractivity contribution in [1.29, 1.82) is 0 Å². The first-order chi connectivity index (χ1) is 9.94. The largest absolute Gasteiger partial charge is 0.483 e. The maximum atomic E-state index is 9.86. The average Bonchev–Trinajstić information content (AvgIpc) is 2.38. The Morgan fingerprint density at radius 3 is 1.14 bits per heavy atom. The minimum atomic E-state index is -1.18. The van der Waals surface area contributed by atoms with E-state index in [4.69, 9.17) is 46.9 Å². The van der Waals surface area contributed by atoms with Crippen molar-refractivity contribution in [3.63, 3.8) is 0 Å². The lowest BCUT2D eigenvalue weighted by molar-refractivity contribution is -0.141. The zero-order valence-electron chi connectivity index (χ0n) is 12.7. The second-order valence-corrected chi connectivity index (χ2v) is 3.63. The van der Waals surface area contributed by atoms with E-state index < -0.39 is 36.2 Å². The van der Waals surface area contributed by atoms with E-state index in [1.54, 1.807) is 6.92 Å². The van der Waals surface area contributed by atoms with Crippen LogP contribution in [0, 0.1) is 0 Å². The maximum absolute atomic E-state index is 9.86. The molecule has 0 aliphatic rings. The normalized spacial score (nSPS) is 14.0. The van der Waals surface area contributed by atoms with Gasteiger partial charge in [-0.25, -0.2) is 0 Å². The lowest BCUT2D eigenvalue weighted by Gasteiger charge is -2.07. The van der Waals surface area contributed by atoms with Crippen LogP contribution in [0.5, 0.6) is 0 Å². The van der Waals surface area contributed by atoms with Crippen molar-refractivity contribution in [2.75, 3.05) is 6.61 Å². The van der Waals surface area contributed by atoms with Gasteiger partial charge in [-0.05, 0) is 20.8 Å². The lowest BCUT2D eigenvalue weighted by atomic mass is 10.2. The standard InChI is InChI=1S/2C4H9NO3.C2H6O.CH2O2/c2*1-2(6)3(5)4(7)8;1-2-3;2-1-3/h2*2-3,6H,5H2,1H3,(H,7,8);3H,2H2,1H3;1H,(H,2,3)/t2*2-,3+;;/m11../s1. The molecule has 134 valence electrons. The minimum absolute atomic E-state index is 0.250. The summed E-state index contributed by atoms with van der Waals surface area (Å²) >= 11 is 0. The molecule has 0 saturated heterocycles. The molecule has 0 rings (SSSR count). The highest BCUT2D eigenvalue weighted by molar-refractivity contribution is 5.74. The molecule has 0 saturated carbocycles. The van der Waals surface area contributed by atoms with E-state index in [1.165, 1.54) is 13.8 Å². The van der Waals surface area contributed by atoms with E-state index in [2.05, 4.69) is 0 Å². The number of hydrogen-bond donors (Lipinski definition) is 8. The number of carbonyl (C=O) groups is 3. The fraction of sp³-hybridized carbons (Fsp3) is 0.727. The third kappa shape index (κ3) is 26.7. The fourth-order valence-corrected chi connectivity index (χ4v) is 0.413. The Morgan fingerprint density at radius 2 is 1.14 bits per heavy atom. The van der Waals surface area contributed by atoms with Crippen LogP contribution in [0.3, 0.4) is 0 Å². The van der Waals surface area contributed by atoms with Crippen molar-refractivity contribution in [3.05, 3.63) is 0 Å². The quantitative estimate of drug-likeness (QED) is 0.246. The van der Waals surface area contributed by atoms with Gasteiger partial charge in [-0.15, -0.1) is 0 Å². The molecule has 4 atom stereocenters. The molecule has 10 N–H and O–H groups in total. The summed E-state index contributed by atoms with van der Waals surface area (Å²) in [6.07, 6.45) is -1.96. The van der Waals surface area contributed by atoms with Gasteiger partial charge in [0.2, 0.25) is 0 Å². The molecular formula is C11H26N2O9. The van der Waals surface area contributed by atoms with Gasteiger partial charge in [-0.1, -0.05) is 0 Å². The number of nitrogens with two attached hydrogens (primary N) is 2. The van der Waals surface area contributed by atoms with Crippen LogP contribution in [0.4, 0.5) is 0 Å². The van der Waals surface area contributed by atoms with Gasteiger partial charge in [0.1, 0.15) is 12.1 Å². The fourth-order valence-electron chi connectivity index (χ4n) is 0.413. The van der Waals surface area contributed by atoms with Gasteiger partial charge >= 0.3 is 11.9 Å². The van der Waals surface area contributed by atoms with E-state index in [-0.39, 0.29) is 13.1 Å². The van der Waals surface area contributed by atoms with Crippen LogP contribution in [0.25, 0.3) is 0 Å². The van der Waals surface area contributed by atoms with Crippen LogP contribution in [0.15, 0.2) is 0 Å². The number of carboxylic acid groups (broad SMARTS) is 3. The van der Waals surface area contributed by atoms with E-state index in [9.17, 15) is 9.59 Å². The highest BCUT2D eigenvalue weighted by Gasteiger charge is 2.16. The highest BCUT2D eigenvalue weighted by Crippen LogP contribution is 1.86. The van der Waals surface area contributed by atoms with E-state index in [1.807, 2.05) is 0 Å².